The van der Waals surface area contributed by atoms with Gasteiger partial charge in [0.05, 0.1) is 15.6 Å². The van der Waals surface area contributed by atoms with E-state index in [0.717, 1.165) is 11.3 Å². The van der Waals surface area contributed by atoms with Gasteiger partial charge in [0.25, 0.3) is 5.91 Å². The maximum Gasteiger partial charge on any atom is 0.307 e. The van der Waals surface area contributed by atoms with Crippen molar-refractivity contribution >= 4 is 46.3 Å². The lowest BCUT2D eigenvalue weighted by atomic mass is 10.2. The fourth-order valence-electron chi connectivity index (χ4n) is 2.33. The Balaban J connectivity index is 1.46. The Morgan fingerprint density at radius 1 is 1.19 bits per heavy atom. The summed E-state index contributed by atoms with van der Waals surface area (Å²) in [6.07, 6.45) is -1.13. The summed E-state index contributed by atoms with van der Waals surface area (Å²) in [5.41, 5.74) is 0.497. The minimum Gasteiger partial charge on any atom is -0.454 e. The number of esters is 1. The smallest absolute Gasteiger partial charge is 0.307 e. The first-order chi connectivity index (χ1) is 12.9. The molecule has 9 heteroatoms. The normalized spacial score (nSPS) is 13.1. The molecular weight excluding hydrogens is 394 g/mol. The molecule has 0 unspecified atom stereocenters. The van der Waals surface area contributed by atoms with Gasteiger partial charge < -0.3 is 19.5 Å². The highest BCUT2D eigenvalue weighted by Crippen LogP contribution is 2.34. The van der Waals surface area contributed by atoms with Crippen LogP contribution in [0.4, 0.5) is 5.69 Å². The second kappa shape index (κ2) is 8.41. The lowest BCUT2D eigenvalue weighted by molar-refractivity contribution is -0.153. The molecule has 3 rings (SSSR count). The molecule has 27 heavy (non-hydrogen) atoms. The van der Waals surface area contributed by atoms with Crippen LogP contribution in [0, 0.1) is 0 Å². The summed E-state index contributed by atoms with van der Waals surface area (Å²) in [7, 11) is 0. The van der Waals surface area contributed by atoms with Crippen LogP contribution in [0.1, 0.15) is 29.4 Å². The minimum atomic E-state index is -1.01. The van der Waals surface area contributed by atoms with Crippen molar-refractivity contribution in [1.29, 1.82) is 0 Å². The van der Waals surface area contributed by atoms with Gasteiger partial charge in [0, 0.05) is 18.2 Å². The lowest BCUT2D eigenvalue weighted by Crippen LogP contribution is -2.30. The van der Waals surface area contributed by atoms with Crippen LogP contribution in [0.15, 0.2) is 30.3 Å². The van der Waals surface area contributed by atoms with E-state index in [1.165, 1.54) is 6.92 Å². The van der Waals surface area contributed by atoms with Crippen molar-refractivity contribution in [3.63, 3.8) is 0 Å². The Bertz CT molecular complexity index is 880. The molecule has 1 aliphatic rings. The van der Waals surface area contributed by atoms with E-state index in [1.807, 2.05) is 0 Å². The number of halogens is 1. The summed E-state index contributed by atoms with van der Waals surface area (Å²) < 4.78 is 16.0. The monoisotopic (exact) mass is 409 g/mol. The molecule has 1 N–H and O–H groups in total. The molecule has 7 nitrogen and oxygen atoms in total. The van der Waals surface area contributed by atoms with Gasteiger partial charge in [-0.25, -0.2) is 0 Å². The Kier molecular flexibility index (Phi) is 5.98. The average molecular weight is 410 g/mol. The summed E-state index contributed by atoms with van der Waals surface area (Å²) in [4.78, 5) is 36.5. The third-order valence-corrected chi connectivity index (χ3v) is 4.99. The van der Waals surface area contributed by atoms with E-state index < -0.39 is 18.0 Å². The number of fused-ring (bicyclic) bond motifs is 1. The molecule has 0 saturated heterocycles. The summed E-state index contributed by atoms with van der Waals surface area (Å²) >= 11 is 6.94. The zero-order valence-corrected chi connectivity index (χ0v) is 15.9. The lowest BCUT2D eigenvalue weighted by Gasteiger charge is -2.13. The maximum atomic E-state index is 12.2. The molecular formula is C18H16ClNO6S. The average Bonchev–Trinajstić information content (AvgIpc) is 3.27. The second-order valence-corrected chi connectivity index (χ2v) is 7.43. The number of Topliss-reactive ketones (excluding diaryl/α,β-unsaturated/α-hetero) is 1. The highest BCUT2D eigenvalue weighted by molar-refractivity contribution is 7.18. The topological polar surface area (TPSA) is 90.9 Å². The molecule has 0 bridgehead atoms. The predicted molar refractivity (Wildman–Crippen MR) is 99.6 cm³/mol. The number of carbonyl (C=O) groups is 3. The van der Waals surface area contributed by atoms with E-state index in [-0.39, 0.29) is 25.4 Å². The summed E-state index contributed by atoms with van der Waals surface area (Å²) in [6, 6.07) is 8.20. The first-order valence-electron chi connectivity index (χ1n) is 8.11. The first kappa shape index (κ1) is 19.2. The number of rotatable bonds is 7. The van der Waals surface area contributed by atoms with Gasteiger partial charge in [-0.05, 0) is 31.2 Å². The van der Waals surface area contributed by atoms with Crippen molar-refractivity contribution in [2.45, 2.75) is 25.9 Å². The number of thiophene rings is 1. The SMILES string of the molecule is C[C@H](OC(=O)CCC(=O)c1ccc(Cl)s1)C(=O)Nc1ccc2c(c1)OCO2. The van der Waals surface area contributed by atoms with E-state index >= 15 is 0 Å². The number of benzene rings is 1. The maximum absolute atomic E-state index is 12.2. The van der Waals surface area contributed by atoms with Gasteiger partial charge in [-0.15, -0.1) is 11.3 Å². The molecule has 1 atom stereocenters. The molecule has 0 spiro atoms. The summed E-state index contributed by atoms with van der Waals surface area (Å²) in [5, 5.41) is 2.64. The van der Waals surface area contributed by atoms with Gasteiger partial charge in [-0.2, -0.15) is 0 Å². The molecule has 0 saturated carbocycles. The largest absolute Gasteiger partial charge is 0.454 e. The van der Waals surface area contributed by atoms with Crippen LogP contribution in [-0.4, -0.2) is 30.6 Å². The number of amides is 1. The molecule has 0 fully saturated rings. The molecule has 1 aliphatic heterocycles. The zero-order valence-electron chi connectivity index (χ0n) is 14.3. The Morgan fingerprint density at radius 3 is 2.70 bits per heavy atom. The highest BCUT2D eigenvalue weighted by atomic mass is 35.5. The van der Waals surface area contributed by atoms with Crippen molar-refractivity contribution in [3.05, 3.63) is 39.5 Å². The van der Waals surface area contributed by atoms with Gasteiger partial charge >= 0.3 is 5.97 Å². The predicted octanol–water partition coefficient (Wildman–Crippen LogP) is 3.66. The van der Waals surface area contributed by atoms with Gasteiger partial charge in [0.15, 0.2) is 23.4 Å². The van der Waals surface area contributed by atoms with Crippen LogP contribution in [0.3, 0.4) is 0 Å². The third kappa shape index (κ3) is 4.99. The van der Waals surface area contributed by atoms with Crippen molar-refractivity contribution < 1.29 is 28.6 Å². The van der Waals surface area contributed by atoms with Gasteiger partial charge in [0.2, 0.25) is 6.79 Å². The Hall–Kier alpha value is -2.58. The third-order valence-electron chi connectivity index (χ3n) is 3.72. The molecule has 2 aromatic rings. The molecule has 1 amide bonds. The van der Waals surface area contributed by atoms with E-state index in [0.29, 0.717) is 26.4 Å². The molecule has 1 aromatic carbocycles. The number of hydrogen-bond acceptors (Lipinski definition) is 7. The minimum absolute atomic E-state index is 0.00776. The van der Waals surface area contributed by atoms with Crippen LogP contribution in [0.5, 0.6) is 11.5 Å². The quantitative estimate of drug-likeness (QED) is 0.554. The van der Waals surface area contributed by atoms with Crippen molar-refractivity contribution in [1.82, 2.24) is 0 Å². The Labute approximate surface area is 164 Å². The second-order valence-electron chi connectivity index (χ2n) is 5.72. The summed E-state index contributed by atoms with van der Waals surface area (Å²) in [5.74, 6) is -0.173. The fraction of sp³-hybridized carbons (Fsp3) is 0.278. The van der Waals surface area contributed by atoms with Crippen LogP contribution < -0.4 is 14.8 Å². The number of anilines is 1. The van der Waals surface area contributed by atoms with Crippen molar-refractivity contribution in [3.8, 4) is 11.5 Å². The number of ether oxygens (including phenoxy) is 3. The number of hydrogen-bond donors (Lipinski definition) is 1. The molecule has 1 aromatic heterocycles. The van der Waals surface area contributed by atoms with E-state index in [2.05, 4.69) is 5.32 Å². The van der Waals surface area contributed by atoms with Crippen molar-refractivity contribution in [2.75, 3.05) is 12.1 Å². The zero-order chi connectivity index (χ0) is 19.4. The summed E-state index contributed by atoms with van der Waals surface area (Å²) in [6.45, 7) is 1.60. The van der Waals surface area contributed by atoms with Gasteiger partial charge in [0.1, 0.15) is 0 Å². The fourth-order valence-corrected chi connectivity index (χ4v) is 3.34. The Morgan fingerprint density at radius 2 is 1.96 bits per heavy atom. The van der Waals surface area contributed by atoms with Gasteiger partial charge in [-0.3, -0.25) is 14.4 Å². The molecule has 2 heterocycles. The first-order valence-corrected chi connectivity index (χ1v) is 9.30. The molecule has 0 aliphatic carbocycles. The van der Waals surface area contributed by atoms with Crippen LogP contribution in [0.25, 0.3) is 0 Å². The van der Waals surface area contributed by atoms with E-state index in [4.69, 9.17) is 25.8 Å². The highest BCUT2D eigenvalue weighted by Gasteiger charge is 2.20. The van der Waals surface area contributed by atoms with Crippen molar-refractivity contribution in [2.24, 2.45) is 0 Å². The van der Waals surface area contributed by atoms with Crippen LogP contribution in [0.2, 0.25) is 4.34 Å². The number of ketones is 1. The molecule has 142 valence electrons. The van der Waals surface area contributed by atoms with Crippen LogP contribution >= 0.6 is 22.9 Å². The van der Waals surface area contributed by atoms with Gasteiger partial charge in [-0.1, -0.05) is 11.6 Å². The number of carbonyl (C=O) groups excluding carboxylic acids is 3. The standard InChI is InChI=1S/C18H16ClNO6S/c1-10(18(23)20-11-2-4-13-14(8-11)25-9-24-13)26-17(22)7-3-12(21)15-5-6-16(19)27-15/h2,4-6,8,10H,3,7,9H2,1H3,(H,20,23)/t10-/m0/s1. The van der Waals surface area contributed by atoms with E-state index in [9.17, 15) is 14.4 Å². The van der Waals surface area contributed by atoms with E-state index in [1.54, 1.807) is 30.3 Å². The number of nitrogens with one attached hydrogen (secondary N) is 1. The van der Waals surface area contributed by atoms with Crippen LogP contribution in [-0.2, 0) is 14.3 Å². The molecule has 0 radical (unpaired) electrons.